The maximum atomic E-state index is 12.5. The zero-order valence-corrected chi connectivity index (χ0v) is 14.2. The standard InChI is InChI=1S/C18H17IO3/c19-14-9-7-13(8-10-14)18(11-3-4-12-18)22-17(21)15-5-1-2-6-16(15)20/h1-2,5-10,20H,3-4,11-12H2. The molecule has 0 spiro atoms. The number of para-hydroxylation sites is 1. The summed E-state index contributed by atoms with van der Waals surface area (Å²) in [6.07, 6.45) is 3.74. The molecular formula is C18H17IO3. The minimum absolute atomic E-state index is 0.0387. The number of ether oxygens (including phenoxy) is 1. The van der Waals surface area contributed by atoms with Gasteiger partial charge in [0, 0.05) is 3.57 Å². The lowest BCUT2D eigenvalue weighted by atomic mass is 9.92. The van der Waals surface area contributed by atoms with Gasteiger partial charge in [0.15, 0.2) is 0 Å². The summed E-state index contributed by atoms with van der Waals surface area (Å²) in [6, 6.07) is 14.6. The molecule has 0 saturated heterocycles. The smallest absolute Gasteiger partial charge is 0.342 e. The van der Waals surface area contributed by atoms with Crippen molar-refractivity contribution in [2.75, 3.05) is 0 Å². The molecule has 0 amide bonds. The molecule has 3 nitrogen and oxygen atoms in total. The number of phenolic OH excluding ortho intramolecular Hbond substituents is 1. The van der Waals surface area contributed by atoms with E-state index in [0.717, 1.165) is 34.8 Å². The molecule has 0 radical (unpaired) electrons. The first-order valence-electron chi connectivity index (χ1n) is 7.38. The van der Waals surface area contributed by atoms with Gasteiger partial charge in [0.2, 0.25) is 0 Å². The van der Waals surface area contributed by atoms with E-state index in [4.69, 9.17) is 4.74 Å². The van der Waals surface area contributed by atoms with Crippen molar-refractivity contribution in [2.24, 2.45) is 0 Å². The molecule has 4 heteroatoms. The van der Waals surface area contributed by atoms with Crippen molar-refractivity contribution in [3.8, 4) is 5.75 Å². The predicted molar refractivity (Wildman–Crippen MR) is 92.8 cm³/mol. The van der Waals surface area contributed by atoms with Crippen molar-refractivity contribution in [1.82, 2.24) is 0 Å². The minimum atomic E-state index is -0.566. The third-order valence-corrected chi connectivity index (χ3v) is 4.91. The van der Waals surface area contributed by atoms with Gasteiger partial charge in [-0.3, -0.25) is 0 Å². The Morgan fingerprint density at radius 3 is 2.32 bits per heavy atom. The number of carbonyl (C=O) groups excluding carboxylic acids is 1. The Morgan fingerprint density at radius 2 is 1.68 bits per heavy atom. The molecule has 3 rings (SSSR count). The molecule has 0 atom stereocenters. The normalized spacial score (nSPS) is 16.4. The molecule has 1 aliphatic rings. The van der Waals surface area contributed by atoms with Crippen LogP contribution in [-0.2, 0) is 10.3 Å². The molecule has 1 N–H and O–H groups in total. The highest BCUT2D eigenvalue weighted by molar-refractivity contribution is 14.1. The Morgan fingerprint density at radius 1 is 1.05 bits per heavy atom. The number of hydrogen-bond acceptors (Lipinski definition) is 3. The van der Waals surface area contributed by atoms with Crippen LogP contribution in [0.1, 0.15) is 41.6 Å². The fraction of sp³-hybridized carbons (Fsp3) is 0.278. The van der Waals surface area contributed by atoms with Crippen LogP contribution >= 0.6 is 22.6 Å². The fourth-order valence-corrected chi connectivity index (χ4v) is 3.39. The van der Waals surface area contributed by atoms with Gasteiger partial charge in [-0.2, -0.15) is 0 Å². The van der Waals surface area contributed by atoms with Crippen molar-refractivity contribution < 1.29 is 14.6 Å². The number of aromatic hydroxyl groups is 1. The second kappa shape index (κ2) is 6.28. The first-order chi connectivity index (χ1) is 10.6. The van der Waals surface area contributed by atoms with E-state index in [-0.39, 0.29) is 11.3 Å². The molecule has 22 heavy (non-hydrogen) atoms. The van der Waals surface area contributed by atoms with Crippen LogP contribution in [0.5, 0.6) is 5.75 Å². The molecule has 1 fully saturated rings. The summed E-state index contributed by atoms with van der Waals surface area (Å²) in [5, 5.41) is 9.84. The summed E-state index contributed by atoms with van der Waals surface area (Å²) in [6.45, 7) is 0. The van der Waals surface area contributed by atoms with E-state index in [2.05, 4.69) is 22.6 Å². The van der Waals surface area contributed by atoms with Crippen LogP contribution in [0.4, 0.5) is 0 Å². The van der Waals surface area contributed by atoms with E-state index in [1.807, 2.05) is 24.3 Å². The lowest BCUT2D eigenvalue weighted by Gasteiger charge is -2.30. The number of carbonyl (C=O) groups is 1. The Bertz CT molecular complexity index is 673. The van der Waals surface area contributed by atoms with E-state index >= 15 is 0 Å². The van der Waals surface area contributed by atoms with E-state index < -0.39 is 11.6 Å². The number of phenols is 1. The second-order valence-electron chi connectivity index (χ2n) is 5.61. The molecule has 0 unspecified atom stereocenters. The number of esters is 1. The average molecular weight is 408 g/mol. The molecule has 0 aliphatic heterocycles. The van der Waals surface area contributed by atoms with Gasteiger partial charge in [-0.1, -0.05) is 24.3 Å². The van der Waals surface area contributed by atoms with Crippen molar-refractivity contribution in [1.29, 1.82) is 0 Å². The van der Waals surface area contributed by atoms with Crippen LogP contribution < -0.4 is 0 Å². The van der Waals surface area contributed by atoms with Crippen molar-refractivity contribution in [3.05, 3.63) is 63.2 Å². The number of halogens is 1. The first kappa shape index (κ1) is 15.3. The zero-order chi connectivity index (χ0) is 15.6. The van der Waals surface area contributed by atoms with E-state index in [1.165, 1.54) is 6.07 Å². The number of hydrogen-bond donors (Lipinski definition) is 1. The van der Waals surface area contributed by atoms with E-state index in [0.29, 0.717) is 0 Å². The van der Waals surface area contributed by atoms with Crippen LogP contribution in [0, 0.1) is 3.57 Å². The van der Waals surface area contributed by atoms with Gasteiger partial charge in [0.25, 0.3) is 0 Å². The van der Waals surface area contributed by atoms with E-state index in [9.17, 15) is 9.90 Å². The monoisotopic (exact) mass is 408 g/mol. The summed E-state index contributed by atoms with van der Waals surface area (Å²) in [4.78, 5) is 12.5. The summed E-state index contributed by atoms with van der Waals surface area (Å²) < 4.78 is 7.04. The Hall–Kier alpha value is -1.56. The van der Waals surface area contributed by atoms with Gasteiger partial charge in [0.05, 0.1) is 0 Å². The molecule has 0 aromatic heterocycles. The van der Waals surface area contributed by atoms with Crippen LogP contribution in [-0.4, -0.2) is 11.1 Å². The third kappa shape index (κ3) is 2.97. The van der Waals surface area contributed by atoms with Crippen LogP contribution in [0.15, 0.2) is 48.5 Å². The highest BCUT2D eigenvalue weighted by Crippen LogP contribution is 2.43. The molecule has 114 valence electrons. The van der Waals surface area contributed by atoms with Crippen molar-refractivity contribution in [3.63, 3.8) is 0 Å². The molecule has 0 bridgehead atoms. The predicted octanol–water partition coefficient (Wildman–Crippen LogP) is 4.62. The lowest BCUT2D eigenvalue weighted by Crippen LogP contribution is -2.29. The van der Waals surface area contributed by atoms with E-state index in [1.54, 1.807) is 18.2 Å². The van der Waals surface area contributed by atoms with Gasteiger partial charge < -0.3 is 9.84 Å². The Balaban J connectivity index is 1.90. The first-order valence-corrected chi connectivity index (χ1v) is 8.46. The molecule has 1 aliphatic carbocycles. The highest BCUT2D eigenvalue weighted by atomic mass is 127. The van der Waals surface area contributed by atoms with Crippen molar-refractivity contribution in [2.45, 2.75) is 31.3 Å². The van der Waals surface area contributed by atoms with Gasteiger partial charge >= 0.3 is 5.97 Å². The largest absolute Gasteiger partial charge is 0.507 e. The van der Waals surface area contributed by atoms with Gasteiger partial charge in [-0.25, -0.2) is 4.79 Å². The van der Waals surface area contributed by atoms with Crippen LogP contribution in [0.2, 0.25) is 0 Å². The molecule has 2 aromatic rings. The van der Waals surface area contributed by atoms with Crippen molar-refractivity contribution >= 4 is 28.6 Å². The topological polar surface area (TPSA) is 46.5 Å². The quantitative estimate of drug-likeness (QED) is 0.596. The molecule has 1 saturated carbocycles. The zero-order valence-electron chi connectivity index (χ0n) is 12.1. The van der Waals surface area contributed by atoms with Gasteiger partial charge in [-0.05, 0) is 78.1 Å². The second-order valence-corrected chi connectivity index (χ2v) is 6.86. The third-order valence-electron chi connectivity index (χ3n) is 4.19. The Kier molecular flexibility index (Phi) is 4.38. The summed E-state index contributed by atoms with van der Waals surface area (Å²) >= 11 is 2.26. The number of rotatable bonds is 3. The lowest BCUT2D eigenvalue weighted by molar-refractivity contribution is -0.0186. The van der Waals surface area contributed by atoms with Gasteiger partial charge in [-0.15, -0.1) is 0 Å². The average Bonchev–Trinajstić information content (AvgIpc) is 2.98. The Labute approximate surface area is 143 Å². The van der Waals surface area contributed by atoms with Crippen LogP contribution in [0.3, 0.4) is 0 Å². The fourth-order valence-electron chi connectivity index (χ4n) is 3.03. The highest BCUT2D eigenvalue weighted by Gasteiger charge is 2.40. The molecule has 2 aromatic carbocycles. The summed E-state index contributed by atoms with van der Waals surface area (Å²) in [7, 11) is 0. The molecule has 0 heterocycles. The van der Waals surface area contributed by atoms with Gasteiger partial charge in [0.1, 0.15) is 16.9 Å². The van der Waals surface area contributed by atoms with Crippen LogP contribution in [0.25, 0.3) is 0 Å². The number of benzene rings is 2. The maximum absolute atomic E-state index is 12.5. The minimum Gasteiger partial charge on any atom is -0.507 e. The summed E-state index contributed by atoms with van der Waals surface area (Å²) in [5.74, 6) is -0.498. The summed E-state index contributed by atoms with van der Waals surface area (Å²) in [5.41, 5.74) is 0.692. The maximum Gasteiger partial charge on any atom is 0.342 e. The molecular weight excluding hydrogens is 391 g/mol. The SMILES string of the molecule is O=C(OC1(c2ccc(I)cc2)CCCC1)c1ccccc1O.